The summed E-state index contributed by atoms with van der Waals surface area (Å²) in [7, 11) is 1.87. The maximum Gasteiger partial charge on any atom is 0.347 e. The highest BCUT2D eigenvalue weighted by atomic mass is 16.5. The normalized spacial score (nSPS) is 11.2. The number of ether oxygens (including phenoxy) is 1. The lowest BCUT2D eigenvalue weighted by Crippen LogP contribution is -2.37. The van der Waals surface area contributed by atoms with Crippen molar-refractivity contribution in [3.63, 3.8) is 0 Å². The molecule has 0 fully saturated rings. The van der Waals surface area contributed by atoms with Gasteiger partial charge in [0.25, 0.3) is 0 Å². The number of nitrogens with one attached hydrogen (secondary N) is 1. The van der Waals surface area contributed by atoms with Gasteiger partial charge in [0.2, 0.25) is 0 Å². The van der Waals surface area contributed by atoms with Crippen LogP contribution in [0.15, 0.2) is 24.3 Å². The molecule has 0 atom stereocenters. The fourth-order valence-corrected chi connectivity index (χ4v) is 1.22. The second-order valence-corrected chi connectivity index (χ2v) is 4.09. The molecular weight excluding hydrogens is 206 g/mol. The van der Waals surface area contributed by atoms with E-state index >= 15 is 0 Å². The molecule has 0 heterocycles. The minimum atomic E-state index is -1.20. The predicted octanol–water partition coefficient (Wildman–Crippen LogP) is 1.65. The van der Waals surface area contributed by atoms with Crippen LogP contribution in [0.2, 0.25) is 0 Å². The van der Waals surface area contributed by atoms with Gasteiger partial charge in [0.15, 0.2) is 5.60 Å². The van der Waals surface area contributed by atoms with Crippen LogP contribution in [-0.2, 0) is 11.3 Å². The van der Waals surface area contributed by atoms with E-state index in [-0.39, 0.29) is 0 Å². The first kappa shape index (κ1) is 12.5. The number of carboxylic acids is 1. The molecule has 4 heteroatoms. The summed E-state index contributed by atoms with van der Waals surface area (Å²) in [5.41, 5.74) is -0.0761. The predicted molar refractivity (Wildman–Crippen MR) is 61.5 cm³/mol. The Hall–Kier alpha value is -1.55. The quantitative estimate of drug-likeness (QED) is 0.796. The van der Waals surface area contributed by atoms with Crippen LogP contribution in [0.3, 0.4) is 0 Å². The Morgan fingerprint density at radius 1 is 1.38 bits per heavy atom. The van der Waals surface area contributed by atoms with E-state index in [0.717, 1.165) is 12.1 Å². The first-order chi connectivity index (χ1) is 7.45. The lowest BCUT2D eigenvalue weighted by atomic mass is 10.1. The van der Waals surface area contributed by atoms with Crippen molar-refractivity contribution < 1.29 is 14.6 Å². The highest BCUT2D eigenvalue weighted by Gasteiger charge is 2.29. The SMILES string of the molecule is CNCc1ccc(OC(C)(C)C(=O)O)cc1. The Balaban J connectivity index is 2.72. The summed E-state index contributed by atoms with van der Waals surface area (Å²) in [6.45, 7) is 3.83. The van der Waals surface area contributed by atoms with Gasteiger partial charge in [-0.05, 0) is 38.6 Å². The molecule has 0 aliphatic carbocycles. The molecule has 0 unspecified atom stereocenters. The number of aliphatic carboxylic acids is 1. The molecule has 1 aromatic carbocycles. The molecule has 88 valence electrons. The summed E-state index contributed by atoms with van der Waals surface area (Å²) in [5, 5.41) is 11.9. The van der Waals surface area contributed by atoms with E-state index in [2.05, 4.69) is 5.32 Å². The van der Waals surface area contributed by atoms with Crippen LogP contribution < -0.4 is 10.1 Å². The average Bonchev–Trinajstić information content (AvgIpc) is 2.21. The van der Waals surface area contributed by atoms with Crippen molar-refractivity contribution in [1.82, 2.24) is 5.32 Å². The second kappa shape index (κ2) is 4.99. The van der Waals surface area contributed by atoms with Crippen LogP contribution in [-0.4, -0.2) is 23.7 Å². The second-order valence-electron chi connectivity index (χ2n) is 4.09. The molecule has 2 N–H and O–H groups in total. The first-order valence-electron chi connectivity index (χ1n) is 5.11. The van der Waals surface area contributed by atoms with E-state index in [9.17, 15) is 4.79 Å². The smallest absolute Gasteiger partial charge is 0.347 e. The van der Waals surface area contributed by atoms with Crippen molar-refractivity contribution in [2.75, 3.05) is 7.05 Å². The van der Waals surface area contributed by atoms with Gasteiger partial charge in [0.05, 0.1) is 0 Å². The topological polar surface area (TPSA) is 58.6 Å². The molecule has 0 bridgehead atoms. The van der Waals surface area contributed by atoms with Gasteiger partial charge < -0.3 is 15.2 Å². The summed E-state index contributed by atoms with van der Waals surface area (Å²) in [6.07, 6.45) is 0. The van der Waals surface area contributed by atoms with E-state index < -0.39 is 11.6 Å². The van der Waals surface area contributed by atoms with Crippen LogP contribution in [0.1, 0.15) is 19.4 Å². The van der Waals surface area contributed by atoms with Gasteiger partial charge in [0, 0.05) is 6.54 Å². The average molecular weight is 223 g/mol. The van der Waals surface area contributed by atoms with Crippen LogP contribution in [0.5, 0.6) is 5.75 Å². The largest absolute Gasteiger partial charge is 0.478 e. The minimum Gasteiger partial charge on any atom is -0.478 e. The molecule has 1 aromatic rings. The molecule has 0 saturated heterocycles. The van der Waals surface area contributed by atoms with Crippen molar-refractivity contribution in [1.29, 1.82) is 0 Å². The Bertz CT molecular complexity index is 357. The number of hydrogen-bond donors (Lipinski definition) is 2. The number of rotatable bonds is 5. The maximum absolute atomic E-state index is 10.9. The summed E-state index contributed by atoms with van der Waals surface area (Å²) in [4.78, 5) is 10.9. The van der Waals surface area contributed by atoms with E-state index in [1.165, 1.54) is 13.8 Å². The fourth-order valence-electron chi connectivity index (χ4n) is 1.22. The molecular formula is C12H17NO3. The maximum atomic E-state index is 10.9. The summed E-state index contributed by atoms with van der Waals surface area (Å²) < 4.78 is 5.38. The third-order valence-corrected chi connectivity index (χ3v) is 2.19. The van der Waals surface area contributed by atoms with Gasteiger partial charge in [-0.15, -0.1) is 0 Å². The highest BCUT2D eigenvalue weighted by molar-refractivity contribution is 5.76. The number of carbonyl (C=O) groups is 1. The van der Waals surface area contributed by atoms with Crippen molar-refractivity contribution in [2.24, 2.45) is 0 Å². The molecule has 0 aromatic heterocycles. The lowest BCUT2D eigenvalue weighted by Gasteiger charge is -2.21. The fraction of sp³-hybridized carbons (Fsp3) is 0.417. The zero-order valence-corrected chi connectivity index (χ0v) is 9.78. The molecule has 0 saturated carbocycles. The lowest BCUT2D eigenvalue weighted by molar-refractivity contribution is -0.152. The molecule has 0 spiro atoms. The van der Waals surface area contributed by atoms with Crippen molar-refractivity contribution in [2.45, 2.75) is 26.0 Å². The van der Waals surface area contributed by atoms with Crippen molar-refractivity contribution in [3.8, 4) is 5.75 Å². The molecule has 0 aliphatic heterocycles. The first-order valence-corrected chi connectivity index (χ1v) is 5.11. The van der Waals surface area contributed by atoms with Gasteiger partial charge in [-0.1, -0.05) is 12.1 Å². The van der Waals surface area contributed by atoms with Gasteiger partial charge in [-0.3, -0.25) is 0 Å². The van der Waals surface area contributed by atoms with Gasteiger partial charge >= 0.3 is 5.97 Å². The number of benzene rings is 1. The van der Waals surface area contributed by atoms with Crippen molar-refractivity contribution in [3.05, 3.63) is 29.8 Å². The third-order valence-electron chi connectivity index (χ3n) is 2.19. The molecule has 0 aliphatic rings. The Morgan fingerprint density at radius 3 is 2.38 bits per heavy atom. The minimum absolute atomic E-state index is 0.562. The van der Waals surface area contributed by atoms with E-state index in [1.54, 1.807) is 12.1 Å². The summed E-state index contributed by atoms with van der Waals surface area (Å²) in [6, 6.07) is 7.36. The van der Waals surface area contributed by atoms with E-state index in [0.29, 0.717) is 5.75 Å². The van der Waals surface area contributed by atoms with E-state index in [4.69, 9.17) is 9.84 Å². The summed E-state index contributed by atoms with van der Waals surface area (Å²) >= 11 is 0. The van der Waals surface area contributed by atoms with Gasteiger partial charge in [0.1, 0.15) is 5.75 Å². The number of carboxylic acid groups (broad SMARTS) is 1. The highest BCUT2D eigenvalue weighted by Crippen LogP contribution is 2.19. The van der Waals surface area contributed by atoms with E-state index in [1.807, 2.05) is 19.2 Å². The van der Waals surface area contributed by atoms with Crippen LogP contribution in [0.4, 0.5) is 0 Å². The zero-order chi connectivity index (χ0) is 12.2. The molecule has 0 radical (unpaired) electrons. The molecule has 4 nitrogen and oxygen atoms in total. The van der Waals surface area contributed by atoms with Crippen LogP contribution in [0.25, 0.3) is 0 Å². The number of hydrogen-bond acceptors (Lipinski definition) is 3. The molecule has 1 rings (SSSR count). The standard InChI is InChI=1S/C12H17NO3/c1-12(2,11(14)15)16-10-6-4-9(5-7-10)8-13-3/h4-7,13H,8H2,1-3H3,(H,14,15). The zero-order valence-electron chi connectivity index (χ0n) is 9.78. The van der Waals surface area contributed by atoms with Crippen LogP contribution in [0, 0.1) is 0 Å². The molecule has 16 heavy (non-hydrogen) atoms. The summed E-state index contributed by atoms with van der Waals surface area (Å²) in [5.74, 6) is -0.418. The van der Waals surface area contributed by atoms with Gasteiger partial charge in [-0.25, -0.2) is 4.79 Å². The third kappa shape index (κ3) is 3.24. The van der Waals surface area contributed by atoms with Crippen molar-refractivity contribution >= 4 is 5.97 Å². The van der Waals surface area contributed by atoms with Crippen LogP contribution >= 0.6 is 0 Å². The Labute approximate surface area is 95.2 Å². The Kier molecular flexibility index (Phi) is 3.90. The monoisotopic (exact) mass is 223 g/mol. The Morgan fingerprint density at radius 2 is 1.94 bits per heavy atom. The molecule has 0 amide bonds. The van der Waals surface area contributed by atoms with Gasteiger partial charge in [-0.2, -0.15) is 0 Å².